The van der Waals surface area contributed by atoms with E-state index in [1.807, 2.05) is 43.3 Å². The highest BCUT2D eigenvalue weighted by Gasteiger charge is 1.96. The highest BCUT2D eigenvalue weighted by molar-refractivity contribution is 5.57. The van der Waals surface area contributed by atoms with Crippen LogP contribution in [-0.4, -0.2) is 0 Å². The third kappa shape index (κ3) is 3.67. The first kappa shape index (κ1) is 11.0. The topological polar surface area (TPSA) is 47.6 Å². The van der Waals surface area contributed by atoms with Crippen LogP contribution in [0, 0.1) is 29.6 Å². The number of benzene rings is 1. The van der Waals surface area contributed by atoms with Gasteiger partial charge in [-0.1, -0.05) is 29.8 Å². The van der Waals surface area contributed by atoms with E-state index in [2.05, 4.69) is 6.07 Å². The molecule has 0 aliphatic carbocycles. The molecule has 0 spiro atoms. The van der Waals surface area contributed by atoms with Crippen LogP contribution in [0.25, 0.3) is 6.08 Å². The second-order valence-corrected chi connectivity index (χ2v) is 3.35. The Kier molecular flexibility index (Phi) is 4.13. The Morgan fingerprint density at radius 2 is 1.93 bits per heavy atom. The summed E-state index contributed by atoms with van der Waals surface area (Å²) in [5.41, 5.74) is 2.86. The average molecular weight is 196 g/mol. The fourth-order valence-electron chi connectivity index (χ4n) is 1.21. The summed E-state index contributed by atoms with van der Waals surface area (Å²) in [5, 5.41) is 17.3. The summed E-state index contributed by atoms with van der Waals surface area (Å²) < 4.78 is 0. The van der Waals surface area contributed by atoms with Gasteiger partial charge in [-0.05, 0) is 25.0 Å². The number of rotatable bonds is 3. The molecule has 0 saturated carbocycles. The summed E-state index contributed by atoms with van der Waals surface area (Å²) in [6, 6.07) is 12.1. The first-order valence-corrected chi connectivity index (χ1v) is 4.80. The lowest BCUT2D eigenvalue weighted by atomic mass is 10.1. The van der Waals surface area contributed by atoms with Crippen LogP contribution in [0.2, 0.25) is 0 Å². The van der Waals surface area contributed by atoms with E-state index >= 15 is 0 Å². The first-order chi connectivity index (χ1) is 7.26. The maximum Gasteiger partial charge on any atom is 0.0947 e. The number of hydrogen-bond donors (Lipinski definition) is 0. The maximum absolute atomic E-state index is 8.84. The maximum atomic E-state index is 8.84. The molecular formula is C13H12N2. The highest BCUT2D eigenvalue weighted by Crippen LogP contribution is 2.11. The zero-order valence-electron chi connectivity index (χ0n) is 8.70. The zero-order chi connectivity index (χ0) is 11.1. The van der Waals surface area contributed by atoms with Crippen LogP contribution in [0.1, 0.15) is 24.0 Å². The Labute approximate surface area is 90.1 Å². The third-order valence-electron chi connectivity index (χ3n) is 2.07. The Bertz CT molecular complexity index is 427. The summed E-state index contributed by atoms with van der Waals surface area (Å²) in [4.78, 5) is 0. The molecule has 0 N–H and O–H groups in total. The van der Waals surface area contributed by atoms with E-state index < -0.39 is 0 Å². The van der Waals surface area contributed by atoms with E-state index in [9.17, 15) is 0 Å². The van der Waals surface area contributed by atoms with Gasteiger partial charge in [0.2, 0.25) is 0 Å². The Balaban J connectivity index is 2.81. The van der Waals surface area contributed by atoms with E-state index in [-0.39, 0.29) is 0 Å². The van der Waals surface area contributed by atoms with Gasteiger partial charge in [-0.15, -0.1) is 0 Å². The molecule has 0 saturated heterocycles. The second kappa shape index (κ2) is 5.62. The van der Waals surface area contributed by atoms with E-state index in [0.717, 1.165) is 5.56 Å². The summed E-state index contributed by atoms with van der Waals surface area (Å²) in [7, 11) is 0. The second-order valence-electron chi connectivity index (χ2n) is 3.35. The van der Waals surface area contributed by atoms with Crippen LogP contribution in [0.3, 0.4) is 0 Å². The molecule has 1 aromatic rings. The molecule has 2 heteroatoms. The van der Waals surface area contributed by atoms with Crippen molar-refractivity contribution >= 4 is 6.08 Å². The van der Waals surface area contributed by atoms with Crippen molar-refractivity contribution in [2.24, 2.45) is 0 Å². The van der Waals surface area contributed by atoms with Gasteiger partial charge in [0.15, 0.2) is 0 Å². The Morgan fingerprint density at radius 3 is 2.47 bits per heavy atom. The highest BCUT2D eigenvalue weighted by atomic mass is 14.3. The van der Waals surface area contributed by atoms with Crippen LogP contribution in [-0.2, 0) is 0 Å². The SMILES string of the molecule is Cc1ccc(/C=C(/C#N)CCC#N)cc1. The number of allylic oxidation sites excluding steroid dienone is 1. The van der Waals surface area contributed by atoms with Gasteiger partial charge < -0.3 is 0 Å². The van der Waals surface area contributed by atoms with Crippen molar-refractivity contribution in [1.29, 1.82) is 10.5 Å². The van der Waals surface area contributed by atoms with Gasteiger partial charge in [-0.3, -0.25) is 0 Å². The molecule has 0 aromatic heterocycles. The van der Waals surface area contributed by atoms with Crippen LogP contribution < -0.4 is 0 Å². The van der Waals surface area contributed by atoms with Crippen LogP contribution in [0.5, 0.6) is 0 Å². The molecule has 0 bridgehead atoms. The van der Waals surface area contributed by atoms with Crippen LogP contribution in [0.15, 0.2) is 29.8 Å². The van der Waals surface area contributed by atoms with E-state index in [1.54, 1.807) is 0 Å². The predicted molar refractivity (Wildman–Crippen MR) is 59.6 cm³/mol. The molecule has 1 rings (SSSR count). The molecule has 0 radical (unpaired) electrons. The van der Waals surface area contributed by atoms with Gasteiger partial charge in [0, 0.05) is 12.0 Å². The number of nitriles is 2. The summed E-state index contributed by atoms with van der Waals surface area (Å²) in [6.45, 7) is 2.02. The van der Waals surface area contributed by atoms with E-state index in [0.29, 0.717) is 18.4 Å². The zero-order valence-corrected chi connectivity index (χ0v) is 8.70. The first-order valence-electron chi connectivity index (χ1n) is 4.80. The van der Waals surface area contributed by atoms with Gasteiger partial charge in [-0.2, -0.15) is 10.5 Å². The lowest BCUT2D eigenvalue weighted by molar-refractivity contribution is 1.03. The molecule has 74 valence electrons. The number of nitrogens with zero attached hydrogens (tertiary/aromatic N) is 2. The van der Waals surface area contributed by atoms with Crippen molar-refractivity contribution in [2.75, 3.05) is 0 Å². The van der Waals surface area contributed by atoms with Crippen molar-refractivity contribution in [3.63, 3.8) is 0 Å². The molecule has 0 amide bonds. The van der Waals surface area contributed by atoms with Gasteiger partial charge in [0.05, 0.1) is 12.1 Å². The number of aryl methyl sites for hydroxylation is 1. The molecular weight excluding hydrogens is 184 g/mol. The minimum Gasteiger partial charge on any atom is -0.198 e. The molecule has 0 aliphatic heterocycles. The molecule has 15 heavy (non-hydrogen) atoms. The molecule has 0 atom stereocenters. The van der Waals surface area contributed by atoms with Gasteiger partial charge in [0.25, 0.3) is 0 Å². The standard InChI is InChI=1S/C13H12N2/c1-11-4-6-12(7-5-11)9-13(10-15)3-2-8-14/h4-7,9H,2-3H2,1H3/b13-9+. The summed E-state index contributed by atoms with van der Waals surface area (Å²) in [5.74, 6) is 0. The van der Waals surface area contributed by atoms with Crippen molar-refractivity contribution in [3.05, 3.63) is 41.0 Å². The van der Waals surface area contributed by atoms with E-state index in [1.165, 1.54) is 5.56 Å². The molecule has 0 unspecified atom stereocenters. The normalized spacial score (nSPS) is 10.5. The van der Waals surface area contributed by atoms with Crippen molar-refractivity contribution in [3.8, 4) is 12.1 Å². The Hall–Kier alpha value is -2.06. The van der Waals surface area contributed by atoms with Gasteiger partial charge >= 0.3 is 0 Å². The fraction of sp³-hybridized carbons (Fsp3) is 0.231. The minimum absolute atomic E-state index is 0.394. The lowest BCUT2D eigenvalue weighted by Gasteiger charge is -1.96. The molecule has 2 nitrogen and oxygen atoms in total. The molecule has 0 aliphatic rings. The van der Waals surface area contributed by atoms with Crippen LogP contribution >= 0.6 is 0 Å². The average Bonchev–Trinajstić information content (AvgIpc) is 2.27. The lowest BCUT2D eigenvalue weighted by Crippen LogP contribution is -1.80. The minimum atomic E-state index is 0.394. The summed E-state index contributed by atoms with van der Waals surface area (Å²) in [6.07, 6.45) is 2.75. The quantitative estimate of drug-likeness (QED) is 0.697. The third-order valence-corrected chi connectivity index (χ3v) is 2.07. The number of hydrogen-bond acceptors (Lipinski definition) is 2. The molecule has 0 heterocycles. The Morgan fingerprint density at radius 1 is 1.27 bits per heavy atom. The monoisotopic (exact) mass is 196 g/mol. The van der Waals surface area contributed by atoms with Crippen molar-refractivity contribution in [2.45, 2.75) is 19.8 Å². The van der Waals surface area contributed by atoms with E-state index in [4.69, 9.17) is 10.5 Å². The van der Waals surface area contributed by atoms with Gasteiger partial charge in [0.1, 0.15) is 0 Å². The van der Waals surface area contributed by atoms with Crippen LogP contribution in [0.4, 0.5) is 0 Å². The summed E-state index contributed by atoms with van der Waals surface area (Å²) >= 11 is 0. The molecule has 1 aromatic carbocycles. The predicted octanol–water partition coefficient (Wildman–Crippen LogP) is 3.21. The van der Waals surface area contributed by atoms with Crippen molar-refractivity contribution in [1.82, 2.24) is 0 Å². The fourth-order valence-corrected chi connectivity index (χ4v) is 1.21. The van der Waals surface area contributed by atoms with Crippen molar-refractivity contribution < 1.29 is 0 Å². The largest absolute Gasteiger partial charge is 0.198 e. The van der Waals surface area contributed by atoms with Gasteiger partial charge in [-0.25, -0.2) is 0 Å². The molecule has 0 fully saturated rings. The smallest absolute Gasteiger partial charge is 0.0947 e.